The molecule has 0 spiro atoms. The van der Waals surface area contributed by atoms with Crippen molar-refractivity contribution in [1.82, 2.24) is 4.98 Å². The molecule has 158 valence electrons. The fraction of sp³-hybridized carbons (Fsp3) is 0.0500. The molecule has 0 radical (unpaired) electrons. The molecule has 4 rings (SSSR count). The Bertz CT molecular complexity index is 1300. The summed E-state index contributed by atoms with van der Waals surface area (Å²) in [4.78, 5) is 28.5. The fourth-order valence-corrected chi connectivity index (χ4v) is 5.53. The number of ether oxygens (including phenoxy) is 1. The van der Waals surface area contributed by atoms with Crippen LogP contribution in [0, 0.1) is 0 Å². The molecule has 0 saturated heterocycles. The average molecular weight is 474 g/mol. The van der Waals surface area contributed by atoms with Gasteiger partial charge in [0.2, 0.25) is 0 Å². The lowest BCUT2D eigenvalue weighted by Gasteiger charge is -2.08. The number of para-hydroxylation sites is 1. The highest BCUT2D eigenvalue weighted by molar-refractivity contribution is 7.94. The summed E-state index contributed by atoms with van der Waals surface area (Å²) in [5.74, 6) is -1.21. The first-order valence-electron chi connectivity index (χ1n) is 8.90. The number of rotatable bonds is 7. The van der Waals surface area contributed by atoms with E-state index in [2.05, 4.69) is 15.0 Å². The summed E-state index contributed by atoms with van der Waals surface area (Å²) in [6, 6.07) is 16.3. The minimum Gasteiger partial charge on any atom is -0.452 e. The molecular weight excluding hydrogens is 458 g/mol. The van der Waals surface area contributed by atoms with Crippen LogP contribution in [0.2, 0.25) is 0 Å². The molecule has 0 bridgehead atoms. The lowest BCUT2D eigenvalue weighted by Crippen LogP contribution is -2.20. The smallest absolute Gasteiger partial charge is 0.338 e. The standard InChI is InChI=1S/C20H15N3O5S3/c24-17(22-20-21-15-4-1-2-5-16(15)30-20)12-28-19(25)13-7-9-14(10-8-13)23-31(26,27)18-6-3-11-29-18/h1-11,23H,12H2,(H,21,22,24). The number of hydrogen-bond acceptors (Lipinski definition) is 8. The van der Waals surface area contributed by atoms with Crippen LogP contribution < -0.4 is 10.0 Å². The summed E-state index contributed by atoms with van der Waals surface area (Å²) >= 11 is 2.42. The van der Waals surface area contributed by atoms with Gasteiger partial charge in [0.05, 0.1) is 15.8 Å². The minimum absolute atomic E-state index is 0.187. The maximum atomic E-state index is 12.2. The Morgan fingerprint density at radius 3 is 2.48 bits per heavy atom. The molecule has 2 N–H and O–H groups in total. The Morgan fingerprint density at radius 1 is 1.00 bits per heavy atom. The number of thiazole rings is 1. The van der Waals surface area contributed by atoms with Crippen LogP contribution in [0.1, 0.15) is 10.4 Å². The number of hydrogen-bond donors (Lipinski definition) is 2. The van der Waals surface area contributed by atoms with Gasteiger partial charge in [-0.2, -0.15) is 0 Å². The van der Waals surface area contributed by atoms with Crippen LogP contribution in [-0.2, 0) is 19.6 Å². The molecule has 2 aromatic heterocycles. The maximum absolute atomic E-state index is 12.2. The fourth-order valence-electron chi connectivity index (χ4n) is 2.59. The van der Waals surface area contributed by atoms with Crippen molar-refractivity contribution in [1.29, 1.82) is 0 Å². The summed E-state index contributed by atoms with van der Waals surface area (Å²) < 4.78 is 33.0. The second-order valence-corrected chi connectivity index (χ2v) is 10.1. The third kappa shape index (κ3) is 5.08. The zero-order valence-electron chi connectivity index (χ0n) is 15.8. The van der Waals surface area contributed by atoms with Crippen molar-refractivity contribution < 1.29 is 22.7 Å². The van der Waals surface area contributed by atoms with Crippen molar-refractivity contribution in [3.63, 3.8) is 0 Å². The second kappa shape index (κ2) is 8.84. The molecule has 8 nitrogen and oxygen atoms in total. The van der Waals surface area contributed by atoms with Crippen LogP contribution in [0.5, 0.6) is 0 Å². The van der Waals surface area contributed by atoms with Gasteiger partial charge >= 0.3 is 5.97 Å². The van der Waals surface area contributed by atoms with E-state index >= 15 is 0 Å². The molecule has 31 heavy (non-hydrogen) atoms. The quantitative estimate of drug-likeness (QED) is 0.393. The van der Waals surface area contributed by atoms with Gasteiger partial charge in [0.15, 0.2) is 11.7 Å². The predicted molar refractivity (Wildman–Crippen MR) is 120 cm³/mol. The Hall–Kier alpha value is -3.28. The number of benzene rings is 2. The third-order valence-electron chi connectivity index (χ3n) is 4.01. The van der Waals surface area contributed by atoms with Gasteiger partial charge in [-0.15, -0.1) is 11.3 Å². The molecule has 0 aliphatic heterocycles. The highest BCUT2D eigenvalue weighted by Crippen LogP contribution is 2.25. The number of anilines is 2. The van der Waals surface area contributed by atoms with Crippen molar-refractivity contribution in [2.24, 2.45) is 0 Å². The number of carbonyl (C=O) groups excluding carboxylic acids is 2. The van der Waals surface area contributed by atoms with Gasteiger partial charge in [0, 0.05) is 5.69 Å². The Morgan fingerprint density at radius 2 is 1.77 bits per heavy atom. The third-order valence-corrected chi connectivity index (χ3v) is 7.74. The van der Waals surface area contributed by atoms with E-state index in [0.717, 1.165) is 21.6 Å². The Kier molecular flexibility index (Phi) is 5.98. The first-order valence-corrected chi connectivity index (χ1v) is 12.1. The molecule has 2 aromatic carbocycles. The summed E-state index contributed by atoms with van der Waals surface area (Å²) in [6.07, 6.45) is 0. The van der Waals surface area contributed by atoms with Gasteiger partial charge < -0.3 is 4.74 Å². The molecular formula is C20H15N3O5S3. The monoisotopic (exact) mass is 473 g/mol. The average Bonchev–Trinajstić information content (AvgIpc) is 3.42. The van der Waals surface area contributed by atoms with Crippen molar-refractivity contribution in [3.05, 3.63) is 71.6 Å². The lowest BCUT2D eigenvalue weighted by atomic mass is 10.2. The topological polar surface area (TPSA) is 114 Å². The first-order chi connectivity index (χ1) is 14.9. The van der Waals surface area contributed by atoms with Crippen LogP contribution in [0.15, 0.2) is 70.3 Å². The zero-order chi connectivity index (χ0) is 21.8. The van der Waals surface area contributed by atoms with Crippen LogP contribution in [0.25, 0.3) is 10.2 Å². The molecule has 11 heteroatoms. The SMILES string of the molecule is O=C(COC(=O)c1ccc(NS(=O)(=O)c2cccs2)cc1)Nc1nc2ccccc2s1. The summed E-state index contributed by atoms with van der Waals surface area (Å²) in [7, 11) is -3.67. The van der Waals surface area contributed by atoms with Crippen LogP contribution in [0.3, 0.4) is 0 Å². The number of sulfonamides is 1. The molecule has 0 aliphatic carbocycles. The number of amides is 1. The van der Waals surface area contributed by atoms with E-state index in [4.69, 9.17) is 4.74 Å². The predicted octanol–water partition coefficient (Wildman–Crippen LogP) is 3.95. The van der Waals surface area contributed by atoms with E-state index in [0.29, 0.717) is 10.8 Å². The molecule has 1 amide bonds. The lowest BCUT2D eigenvalue weighted by molar-refractivity contribution is -0.119. The van der Waals surface area contributed by atoms with Gasteiger partial charge in [-0.1, -0.05) is 29.5 Å². The Labute approximate surface area is 185 Å². The van der Waals surface area contributed by atoms with Gasteiger partial charge in [-0.05, 0) is 47.8 Å². The summed E-state index contributed by atoms with van der Waals surface area (Å²) in [5, 5.41) is 4.69. The van der Waals surface area contributed by atoms with E-state index < -0.39 is 28.5 Å². The molecule has 0 fully saturated rings. The highest BCUT2D eigenvalue weighted by Gasteiger charge is 2.16. The minimum atomic E-state index is -3.67. The summed E-state index contributed by atoms with van der Waals surface area (Å²) in [5.41, 5.74) is 1.26. The van der Waals surface area contributed by atoms with Crippen LogP contribution in [0.4, 0.5) is 10.8 Å². The number of esters is 1. The molecule has 0 aliphatic rings. The van der Waals surface area contributed by atoms with Crippen molar-refractivity contribution in [2.45, 2.75) is 4.21 Å². The van der Waals surface area contributed by atoms with Gasteiger partial charge in [0.1, 0.15) is 4.21 Å². The van der Waals surface area contributed by atoms with Crippen LogP contribution in [-0.4, -0.2) is 31.9 Å². The van der Waals surface area contributed by atoms with E-state index in [1.54, 1.807) is 11.4 Å². The maximum Gasteiger partial charge on any atom is 0.338 e. The second-order valence-electron chi connectivity index (χ2n) is 6.23. The van der Waals surface area contributed by atoms with Crippen LogP contribution >= 0.6 is 22.7 Å². The van der Waals surface area contributed by atoms with Gasteiger partial charge in [-0.3, -0.25) is 14.8 Å². The van der Waals surface area contributed by atoms with E-state index in [-0.39, 0.29) is 9.77 Å². The van der Waals surface area contributed by atoms with Crippen molar-refractivity contribution >= 4 is 65.6 Å². The van der Waals surface area contributed by atoms with E-state index in [9.17, 15) is 18.0 Å². The number of fused-ring (bicyclic) bond motifs is 1. The van der Waals surface area contributed by atoms with E-state index in [1.807, 2.05) is 24.3 Å². The molecule has 4 aromatic rings. The summed E-state index contributed by atoms with van der Waals surface area (Å²) in [6.45, 7) is -0.471. The highest BCUT2D eigenvalue weighted by atomic mass is 32.2. The van der Waals surface area contributed by atoms with Gasteiger partial charge in [-0.25, -0.2) is 18.2 Å². The van der Waals surface area contributed by atoms with Crippen molar-refractivity contribution in [3.8, 4) is 0 Å². The molecule has 2 heterocycles. The molecule has 0 atom stereocenters. The number of nitrogens with zero attached hydrogens (tertiary/aromatic N) is 1. The molecule has 0 unspecified atom stereocenters. The molecule has 0 saturated carbocycles. The van der Waals surface area contributed by atoms with Gasteiger partial charge in [0.25, 0.3) is 15.9 Å². The number of aromatic nitrogens is 1. The largest absolute Gasteiger partial charge is 0.452 e. The number of carbonyl (C=O) groups is 2. The number of thiophene rings is 1. The Balaban J connectivity index is 1.31. The zero-order valence-corrected chi connectivity index (χ0v) is 18.2. The van der Waals surface area contributed by atoms with Crippen molar-refractivity contribution in [2.75, 3.05) is 16.6 Å². The first kappa shape index (κ1) is 21.0. The normalized spacial score (nSPS) is 11.2. The number of nitrogens with one attached hydrogen (secondary N) is 2. The van der Waals surface area contributed by atoms with E-state index in [1.165, 1.54) is 41.7 Å².